The summed E-state index contributed by atoms with van der Waals surface area (Å²) in [6.45, 7) is -4.05. The third kappa shape index (κ3) is 7.47. The second kappa shape index (κ2) is 8.88. The first kappa shape index (κ1) is 21.4. The van der Waals surface area contributed by atoms with Crippen LogP contribution >= 0.6 is 0 Å². The third-order valence-electron chi connectivity index (χ3n) is 2.63. The molecule has 1 aromatic rings. The first-order valence-electron chi connectivity index (χ1n) is 5.98. The molecular formula is C11H14BF4KO3S. The van der Waals surface area contributed by atoms with E-state index in [9.17, 15) is 25.8 Å². The van der Waals surface area contributed by atoms with Crippen LogP contribution in [0.15, 0.2) is 18.2 Å². The minimum absolute atomic E-state index is 0. The molecule has 1 rings (SSSR count). The van der Waals surface area contributed by atoms with Crippen LogP contribution in [0.2, 0.25) is 0 Å². The van der Waals surface area contributed by atoms with E-state index in [2.05, 4.69) is 0 Å². The fourth-order valence-electron chi connectivity index (χ4n) is 1.51. The molecule has 0 heterocycles. The molecule has 0 aliphatic rings. The molecule has 0 atom stereocenters. The topological polar surface area (TPSA) is 43.4 Å². The van der Waals surface area contributed by atoms with E-state index in [4.69, 9.17) is 4.74 Å². The second-order valence-corrected chi connectivity index (χ2v) is 6.67. The van der Waals surface area contributed by atoms with Crippen molar-refractivity contribution in [2.45, 2.75) is 13.3 Å². The zero-order valence-electron chi connectivity index (χ0n) is 11.8. The number of hydrogen-bond acceptors (Lipinski definition) is 3. The Morgan fingerprint density at radius 2 is 1.86 bits per heavy atom. The maximum absolute atomic E-state index is 13.0. The minimum Gasteiger partial charge on any atom is -0.496 e. The molecule has 0 aromatic heterocycles. The summed E-state index contributed by atoms with van der Waals surface area (Å²) in [6.07, 6.45) is 0.0526. The maximum Gasteiger partial charge on any atom is 1.00 e. The second-order valence-electron chi connectivity index (χ2n) is 4.20. The molecule has 3 nitrogen and oxygen atoms in total. The molecular weight excluding hydrogens is 338 g/mol. The summed E-state index contributed by atoms with van der Waals surface area (Å²) >= 11 is 0. The summed E-state index contributed by atoms with van der Waals surface area (Å²) in [5.41, 5.74) is -1.02. The van der Waals surface area contributed by atoms with Crippen molar-refractivity contribution < 1.29 is 81.9 Å². The molecule has 0 spiro atoms. The van der Waals surface area contributed by atoms with Gasteiger partial charge in [-0.3, -0.25) is 0 Å². The van der Waals surface area contributed by atoms with Crippen LogP contribution < -0.4 is 61.6 Å². The summed E-state index contributed by atoms with van der Waals surface area (Å²) in [5, 5.41) is 0. The summed E-state index contributed by atoms with van der Waals surface area (Å²) in [4.78, 5) is 0. The van der Waals surface area contributed by atoms with Crippen molar-refractivity contribution in [3.05, 3.63) is 24.0 Å². The van der Waals surface area contributed by atoms with Crippen molar-refractivity contribution >= 4 is 22.3 Å². The van der Waals surface area contributed by atoms with Gasteiger partial charge in [0, 0.05) is 11.8 Å². The van der Waals surface area contributed by atoms with E-state index >= 15 is 0 Å². The molecule has 0 radical (unpaired) electrons. The van der Waals surface area contributed by atoms with Crippen LogP contribution in [0.4, 0.5) is 17.3 Å². The van der Waals surface area contributed by atoms with Crippen LogP contribution in [0.5, 0.6) is 5.75 Å². The first-order valence-corrected chi connectivity index (χ1v) is 7.80. The van der Waals surface area contributed by atoms with Crippen molar-refractivity contribution in [2.24, 2.45) is 0 Å². The van der Waals surface area contributed by atoms with Crippen LogP contribution in [-0.2, 0) is 9.84 Å². The molecule has 0 N–H and O–H groups in total. The Morgan fingerprint density at radius 1 is 1.24 bits per heavy atom. The fraction of sp³-hybridized carbons (Fsp3) is 0.455. The quantitative estimate of drug-likeness (QED) is 0.363. The van der Waals surface area contributed by atoms with Crippen molar-refractivity contribution in [3.63, 3.8) is 0 Å². The van der Waals surface area contributed by atoms with Crippen LogP contribution in [0.3, 0.4) is 0 Å². The monoisotopic (exact) mass is 352 g/mol. The van der Waals surface area contributed by atoms with Gasteiger partial charge in [-0.05, 0) is 12.5 Å². The van der Waals surface area contributed by atoms with Crippen molar-refractivity contribution in [1.82, 2.24) is 0 Å². The minimum atomic E-state index is -5.31. The van der Waals surface area contributed by atoms with Crippen LogP contribution in [0, 0.1) is 5.82 Å². The molecule has 1 aromatic carbocycles. The zero-order chi connectivity index (χ0) is 15.4. The number of ether oxygens (including phenoxy) is 1. The molecule has 0 amide bonds. The van der Waals surface area contributed by atoms with Crippen molar-refractivity contribution in [1.29, 1.82) is 0 Å². The molecule has 0 saturated carbocycles. The van der Waals surface area contributed by atoms with E-state index in [0.29, 0.717) is 18.2 Å². The fourth-order valence-corrected chi connectivity index (χ4v) is 2.36. The number of halogens is 4. The molecule has 0 saturated heterocycles. The van der Waals surface area contributed by atoms with Crippen molar-refractivity contribution in [3.8, 4) is 5.75 Å². The molecule has 0 aliphatic carbocycles. The summed E-state index contributed by atoms with van der Waals surface area (Å²) in [5.74, 6) is -1.66. The Hall–Kier alpha value is 0.391. The summed E-state index contributed by atoms with van der Waals surface area (Å²) in [7, 11) is -3.19. The van der Waals surface area contributed by atoms with Gasteiger partial charge in [0.1, 0.15) is 15.7 Å². The van der Waals surface area contributed by atoms with E-state index < -0.39 is 33.8 Å². The molecule has 0 bridgehead atoms. The van der Waals surface area contributed by atoms with Crippen LogP contribution in [-0.4, -0.2) is 33.5 Å². The van der Waals surface area contributed by atoms with E-state index in [1.807, 2.05) is 0 Å². The van der Waals surface area contributed by atoms with Gasteiger partial charge in [-0.15, -0.1) is 0 Å². The molecule has 0 fully saturated rings. The maximum atomic E-state index is 13.0. The Balaban J connectivity index is 0.00000400. The van der Waals surface area contributed by atoms with E-state index in [0.717, 1.165) is 0 Å². The zero-order valence-corrected chi connectivity index (χ0v) is 15.7. The van der Waals surface area contributed by atoms with Crippen LogP contribution in [0.1, 0.15) is 13.3 Å². The number of hydrogen-bond donors (Lipinski definition) is 0. The van der Waals surface area contributed by atoms with E-state index in [-0.39, 0.29) is 75.9 Å². The largest absolute Gasteiger partial charge is 1.00 e. The predicted molar refractivity (Wildman–Crippen MR) is 69.6 cm³/mol. The molecule has 114 valence electrons. The summed E-state index contributed by atoms with van der Waals surface area (Å²) in [6, 6.07) is 1.98. The Kier molecular flexibility index (Phi) is 9.04. The van der Waals surface area contributed by atoms with Crippen molar-refractivity contribution in [2.75, 3.05) is 18.1 Å². The average molecular weight is 352 g/mol. The van der Waals surface area contributed by atoms with Crippen LogP contribution in [0.25, 0.3) is 0 Å². The third-order valence-corrected chi connectivity index (χ3v) is 4.42. The first-order chi connectivity index (χ1) is 9.15. The van der Waals surface area contributed by atoms with Gasteiger partial charge < -0.3 is 17.7 Å². The van der Waals surface area contributed by atoms with Gasteiger partial charge in [0.15, 0.2) is 0 Å². The van der Waals surface area contributed by atoms with E-state index in [1.54, 1.807) is 0 Å². The Labute approximate surface area is 163 Å². The Bertz CT molecular complexity index is 563. The molecule has 0 unspecified atom stereocenters. The predicted octanol–water partition coefficient (Wildman–Crippen LogP) is -0.912. The number of sulfone groups is 1. The SMILES string of the molecule is CCS(=O)(=O)CCCOc1cc(F)ccc1[B-](F)(F)F.[K+]. The van der Waals surface area contributed by atoms with Gasteiger partial charge in [-0.2, -0.15) is 0 Å². The van der Waals surface area contributed by atoms with Gasteiger partial charge in [-0.1, -0.05) is 18.5 Å². The van der Waals surface area contributed by atoms with Gasteiger partial charge in [0.2, 0.25) is 0 Å². The van der Waals surface area contributed by atoms with Gasteiger partial charge in [-0.25, -0.2) is 12.8 Å². The van der Waals surface area contributed by atoms with E-state index in [1.165, 1.54) is 6.92 Å². The average Bonchev–Trinajstić information content (AvgIpc) is 2.33. The molecule has 21 heavy (non-hydrogen) atoms. The van der Waals surface area contributed by atoms with Gasteiger partial charge in [0.05, 0.1) is 18.1 Å². The number of rotatable bonds is 7. The van der Waals surface area contributed by atoms with Gasteiger partial charge in [0.25, 0.3) is 0 Å². The normalized spacial score (nSPS) is 11.9. The smallest absolute Gasteiger partial charge is 0.496 e. The molecule has 10 heteroatoms. The standard InChI is InChI=1S/C11H14BF4O3S.K/c1-2-20(17,18)7-3-6-19-11-8-9(13)4-5-10(11)12(14,15)16;/h4-5,8H,2-3,6-7H2,1H3;/q-1;+1. The Morgan fingerprint density at radius 3 is 2.38 bits per heavy atom. The summed E-state index contributed by atoms with van der Waals surface area (Å²) < 4.78 is 78.3. The van der Waals surface area contributed by atoms with Gasteiger partial charge >= 0.3 is 58.4 Å². The molecule has 0 aliphatic heterocycles. The number of benzene rings is 1.